The van der Waals surface area contributed by atoms with E-state index < -0.39 is 61.0 Å². The van der Waals surface area contributed by atoms with Crippen LogP contribution in [-0.2, 0) is 14.3 Å². The molecule has 0 amide bonds. The van der Waals surface area contributed by atoms with Gasteiger partial charge in [-0.05, 0) is 48.5 Å². The van der Waals surface area contributed by atoms with Crippen molar-refractivity contribution in [3.8, 4) is 0 Å². The summed E-state index contributed by atoms with van der Waals surface area (Å²) in [5, 5.41) is 72.0. The van der Waals surface area contributed by atoms with Gasteiger partial charge in [0, 0.05) is 6.10 Å². The van der Waals surface area contributed by atoms with Crippen molar-refractivity contribution < 1.29 is 107 Å². The van der Waals surface area contributed by atoms with Gasteiger partial charge in [0.05, 0.1) is 24.9 Å². The molecule has 0 aromatic rings. The molecule has 13 heteroatoms. The Labute approximate surface area is 249 Å². The van der Waals surface area contributed by atoms with Crippen molar-refractivity contribution in [3.63, 3.8) is 0 Å². The second-order valence-electron chi connectivity index (χ2n) is 8.05. The van der Waals surface area contributed by atoms with E-state index in [1.54, 1.807) is 34.6 Å². The normalized spacial score (nSPS) is 36.2. The smallest absolute Gasteiger partial charge is 0.577 e. The van der Waals surface area contributed by atoms with Crippen LogP contribution in [0.2, 0.25) is 0 Å². The van der Waals surface area contributed by atoms with E-state index >= 15 is 0 Å². The van der Waals surface area contributed by atoms with Gasteiger partial charge in [-0.2, -0.15) is 0 Å². The predicted molar refractivity (Wildman–Crippen MR) is 128 cm³/mol. The molecule has 0 spiro atoms. The fraction of sp³-hybridized carbons (Fsp3) is 0.952. The topological polar surface area (TPSA) is 197 Å². The molecule has 8 N–H and O–H groups in total. The number of Topliss-reactive ketones (excluding diaryl/α,β-unsaturated/α-hetero) is 1. The number of ketones is 1. The number of carbonyl (C=O) groups excluding carboxylic acids is 1. The van der Waals surface area contributed by atoms with Crippen LogP contribution in [0.25, 0.3) is 0 Å². The van der Waals surface area contributed by atoms with Gasteiger partial charge < -0.3 is 65.0 Å². The molecule has 5 unspecified atom stereocenters. The van der Waals surface area contributed by atoms with Crippen LogP contribution in [0.3, 0.4) is 0 Å². The summed E-state index contributed by atoms with van der Waals surface area (Å²) in [6, 6.07) is 0. The van der Waals surface area contributed by atoms with E-state index in [2.05, 4.69) is 0 Å². The van der Waals surface area contributed by atoms with Crippen LogP contribution in [0, 0.1) is 0 Å². The molecular formula is C21H48KO11P. The molecule has 0 bridgehead atoms. The Hall–Kier alpha value is 1.34. The van der Waals surface area contributed by atoms with Crippen LogP contribution in [0.5, 0.6) is 0 Å². The molecule has 0 aliphatic carbocycles. The Balaban J connectivity index is -0.000000118. The third kappa shape index (κ3) is 18.6. The summed E-state index contributed by atoms with van der Waals surface area (Å²) in [6.45, 7) is 11.0. The zero-order valence-corrected chi connectivity index (χ0v) is 25.2. The van der Waals surface area contributed by atoms with Crippen molar-refractivity contribution in [3.05, 3.63) is 0 Å². The summed E-state index contributed by atoms with van der Waals surface area (Å²) < 4.78 is 10.1. The van der Waals surface area contributed by atoms with Gasteiger partial charge in [0.2, 0.25) is 0 Å². The van der Waals surface area contributed by atoms with Crippen molar-refractivity contribution in [2.75, 3.05) is 6.61 Å². The van der Waals surface area contributed by atoms with Gasteiger partial charge >= 0.3 is 51.4 Å². The first kappa shape index (κ1) is 45.3. The van der Waals surface area contributed by atoms with E-state index in [1.807, 2.05) is 0 Å². The number of ether oxygens (including phenoxy) is 2. The molecule has 11 nitrogen and oxygen atoms in total. The minimum atomic E-state index is -1.24. The molecule has 204 valence electrons. The van der Waals surface area contributed by atoms with Gasteiger partial charge in [-0.3, -0.25) is 0 Å². The van der Waals surface area contributed by atoms with Gasteiger partial charge in [-0.15, -0.1) is 0 Å². The summed E-state index contributed by atoms with van der Waals surface area (Å²) in [7, 11) is 0. The fourth-order valence-electron chi connectivity index (χ4n) is 2.54. The van der Waals surface area contributed by atoms with Crippen molar-refractivity contribution in [1.82, 2.24) is 0 Å². The maximum Gasteiger partial charge on any atom is 1.00 e. The Morgan fingerprint density at radius 1 is 0.735 bits per heavy atom. The van der Waals surface area contributed by atoms with Gasteiger partial charge in [-0.25, -0.2) is 0 Å². The zero-order valence-electron chi connectivity index (χ0n) is 20.9. The van der Waals surface area contributed by atoms with E-state index in [0.717, 1.165) is 0 Å². The summed E-state index contributed by atoms with van der Waals surface area (Å²) in [5.41, 5.74) is 0. The van der Waals surface area contributed by atoms with E-state index in [9.17, 15) is 35.4 Å². The van der Waals surface area contributed by atoms with E-state index in [1.165, 1.54) is 13.8 Å². The van der Waals surface area contributed by atoms with Gasteiger partial charge in [-0.1, -0.05) is 7.43 Å². The fourth-order valence-corrected chi connectivity index (χ4v) is 2.54. The van der Waals surface area contributed by atoms with E-state index in [4.69, 9.17) is 19.7 Å². The second kappa shape index (κ2) is 23.5. The maximum absolute atomic E-state index is 9.44. The average molecular weight is 547 g/mol. The first-order chi connectivity index (χ1) is 14.1. The Kier molecular flexibility index (Phi) is 31.2. The molecule has 34 heavy (non-hydrogen) atoms. The molecule has 0 aromatic heterocycles. The molecular weight excluding hydrogens is 498 g/mol. The van der Waals surface area contributed by atoms with Crippen molar-refractivity contribution in [1.29, 1.82) is 0 Å². The molecule has 2 aliphatic rings. The number of aliphatic hydroxyl groups excluding tert-OH is 8. The first-order valence-electron chi connectivity index (χ1n) is 10.2. The Morgan fingerprint density at radius 2 is 0.971 bits per heavy atom. The minimum absolute atomic E-state index is 0. The first-order valence-corrected chi connectivity index (χ1v) is 10.2. The maximum atomic E-state index is 9.44. The third-order valence-corrected chi connectivity index (χ3v) is 4.22. The van der Waals surface area contributed by atoms with Crippen LogP contribution in [0.15, 0.2) is 0 Å². The number of hydrogen-bond donors (Lipinski definition) is 8. The van der Waals surface area contributed by atoms with E-state index in [0.29, 0.717) is 0 Å². The standard InChI is InChI=1S/C7H14O5.C7H14O4.C3H8O.C3H6O.CH4.K.H2P/c1-3-5(9)7(11)6(10)4(2-8)12-3;1-3-5(8)7(10)6(9)4(2)11-3;2*1-3(2)4;;;/h3-11H,2H2,1H3;3-10H,1-2H3;3-4H,1-2H3;1-2H3;1H4;;1H2/q;;;;;+1;-1/t3-,4?,5+,6-,7?;3-,4?,5?,6+,7?;;;;;/m10...../s1. The molecule has 0 saturated carbocycles. The van der Waals surface area contributed by atoms with Crippen molar-refractivity contribution in [2.45, 2.75) is 123 Å². The summed E-state index contributed by atoms with van der Waals surface area (Å²) in [6.07, 6.45) is -8.99. The number of carbonyl (C=O) groups is 1. The molecule has 0 aromatic carbocycles. The van der Waals surface area contributed by atoms with Crippen molar-refractivity contribution >= 4 is 15.7 Å². The summed E-state index contributed by atoms with van der Waals surface area (Å²) >= 11 is 0. The summed E-state index contributed by atoms with van der Waals surface area (Å²) in [4.78, 5) is 9.44. The molecule has 2 fully saturated rings. The van der Waals surface area contributed by atoms with Crippen LogP contribution in [0.1, 0.15) is 55.9 Å². The Morgan fingerprint density at radius 3 is 1.24 bits per heavy atom. The van der Waals surface area contributed by atoms with Gasteiger partial charge in [0.15, 0.2) is 0 Å². The van der Waals surface area contributed by atoms with Crippen molar-refractivity contribution in [2.24, 2.45) is 0 Å². The third-order valence-electron chi connectivity index (χ3n) is 4.22. The monoisotopic (exact) mass is 546 g/mol. The van der Waals surface area contributed by atoms with Crippen LogP contribution in [-0.4, -0.2) is 120 Å². The average Bonchev–Trinajstić information content (AvgIpc) is 2.65. The SMILES string of the molecule is C.CC(C)=O.CC(C)O.CC1O[C@@H](C)C(O)C(O)[C@@H]1O.C[C@H]1OC(CO)[C@@H](O)C(O)[C@H]1O.[K+].[PH2-]. The molecule has 2 aliphatic heterocycles. The molecule has 2 saturated heterocycles. The van der Waals surface area contributed by atoms with Crippen LogP contribution < -0.4 is 51.4 Å². The largest absolute Gasteiger partial charge is 1.00 e. The quantitative estimate of drug-likeness (QED) is 0.117. The number of hydrogen-bond acceptors (Lipinski definition) is 11. The molecule has 10 atom stereocenters. The number of aliphatic hydroxyl groups is 8. The molecule has 2 heterocycles. The second-order valence-corrected chi connectivity index (χ2v) is 8.05. The molecule has 0 radical (unpaired) electrons. The molecule has 2 rings (SSSR count). The van der Waals surface area contributed by atoms with E-state index in [-0.39, 0.29) is 87.2 Å². The predicted octanol–water partition coefficient (Wildman–Crippen LogP) is -4.33. The number of rotatable bonds is 1. The summed E-state index contributed by atoms with van der Waals surface area (Å²) in [5.74, 6) is 0.167. The minimum Gasteiger partial charge on any atom is -0.577 e. The Bertz CT molecular complexity index is 464. The van der Waals surface area contributed by atoms with Gasteiger partial charge in [0.25, 0.3) is 0 Å². The van der Waals surface area contributed by atoms with Gasteiger partial charge in [0.1, 0.15) is 48.5 Å². The van der Waals surface area contributed by atoms with Crippen LogP contribution in [0.4, 0.5) is 0 Å². The van der Waals surface area contributed by atoms with Crippen LogP contribution >= 0.6 is 9.90 Å². The zero-order chi connectivity index (χ0) is 25.0.